The molecule has 0 aromatic heterocycles. The predicted molar refractivity (Wildman–Crippen MR) is 87.2 cm³/mol. The molecule has 1 aromatic rings. The van der Waals surface area contributed by atoms with Gasteiger partial charge in [0.05, 0.1) is 10.0 Å². The molecule has 7 heteroatoms. The highest BCUT2D eigenvalue weighted by atomic mass is 35.5. The summed E-state index contributed by atoms with van der Waals surface area (Å²) in [6, 6.07) is 3.19. The molecule has 1 aliphatic carbocycles. The third-order valence-corrected chi connectivity index (χ3v) is 4.50. The van der Waals surface area contributed by atoms with E-state index in [0.29, 0.717) is 27.4 Å². The van der Waals surface area contributed by atoms with Gasteiger partial charge < -0.3 is 10.5 Å². The summed E-state index contributed by atoms with van der Waals surface area (Å²) in [6.07, 6.45) is 4.06. The van der Waals surface area contributed by atoms with Crippen molar-refractivity contribution in [3.63, 3.8) is 0 Å². The third-order valence-electron chi connectivity index (χ3n) is 3.57. The Morgan fingerprint density at radius 3 is 2.57 bits per heavy atom. The highest BCUT2D eigenvalue weighted by molar-refractivity contribution is 6.37. The van der Waals surface area contributed by atoms with Crippen LogP contribution in [-0.2, 0) is 0 Å². The van der Waals surface area contributed by atoms with Gasteiger partial charge in [-0.15, -0.1) is 5.10 Å². The molecule has 1 aromatic carbocycles. The van der Waals surface area contributed by atoms with Gasteiger partial charge in [0.2, 0.25) is 5.90 Å². The molecule has 0 fully saturated rings. The summed E-state index contributed by atoms with van der Waals surface area (Å²) in [5.74, 6) is 0.841. The van der Waals surface area contributed by atoms with E-state index in [9.17, 15) is 0 Å². The molecule has 3 rings (SSSR count). The zero-order chi connectivity index (χ0) is 15.0. The second kappa shape index (κ2) is 5.95. The first kappa shape index (κ1) is 14.8. The summed E-state index contributed by atoms with van der Waals surface area (Å²) in [7, 11) is 0. The fourth-order valence-electron chi connectivity index (χ4n) is 2.57. The molecule has 0 saturated carbocycles. The lowest BCUT2D eigenvalue weighted by molar-refractivity contribution is 0.507. The lowest BCUT2D eigenvalue weighted by Crippen LogP contribution is -2.33. The topological polar surface area (TPSA) is 59.6 Å². The fourth-order valence-corrected chi connectivity index (χ4v) is 3.44. The number of benzene rings is 1. The zero-order valence-corrected chi connectivity index (χ0v) is 13.4. The number of rotatable bonds is 1. The number of nitrogens with zero attached hydrogens (tertiary/aromatic N) is 1. The lowest BCUT2D eigenvalue weighted by atomic mass is 9.90. The van der Waals surface area contributed by atoms with Crippen molar-refractivity contribution in [3.8, 4) is 5.75 Å². The number of hydrogen-bond donors (Lipinski definition) is 2. The molecule has 3 N–H and O–H groups in total. The summed E-state index contributed by atoms with van der Waals surface area (Å²) >= 11 is 18.5. The molecule has 0 radical (unpaired) electrons. The largest absolute Gasteiger partial charge is 0.434 e. The van der Waals surface area contributed by atoms with Crippen LogP contribution < -0.4 is 15.9 Å². The van der Waals surface area contributed by atoms with Gasteiger partial charge in [0.1, 0.15) is 5.50 Å². The van der Waals surface area contributed by atoms with E-state index in [1.165, 1.54) is 0 Å². The van der Waals surface area contributed by atoms with Crippen LogP contribution in [0.1, 0.15) is 25.7 Å². The highest BCUT2D eigenvalue weighted by Gasteiger charge is 2.28. The number of nitrogen functional groups attached to an aromatic ring is 1. The van der Waals surface area contributed by atoms with Gasteiger partial charge in [-0.2, -0.15) is 0 Å². The molecule has 0 bridgehead atoms. The van der Waals surface area contributed by atoms with Crippen LogP contribution in [0.3, 0.4) is 0 Å². The predicted octanol–water partition coefficient (Wildman–Crippen LogP) is 4.31. The molecule has 1 heterocycles. The van der Waals surface area contributed by atoms with Crippen LogP contribution in [0.15, 0.2) is 28.4 Å². The van der Waals surface area contributed by atoms with Crippen molar-refractivity contribution in [1.29, 1.82) is 0 Å². The van der Waals surface area contributed by atoms with E-state index in [1.54, 1.807) is 12.1 Å². The quantitative estimate of drug-likeness (QED) is 0.452. The van der Waals surface area contributed by atoms with E-state index >= 15 is 0 Å². The van der Waals surface area contributed by atoms with Crippen LogP contribution in [0.25, 0.3) is 0 Å². The molecule has 0 spiro atoms. The number of ether oxygens (including phenoxy) is 1. The standard InChI is InChI=1S/C14H14Cl3N3O/c15-10-5-7(18)6-11(16)12(10)21-14-9-4-2-1-3-8(9)13(17)19-20-14/h5-6,13,19H,1-4,18H2. The number of halogens is 3. The Bertz CT molecular complexity index is 619. The first-order valence-electron chi connectivity index (χ1n) is 6.68. The van der Waals surface area contributed by atoms with Crippen LogP contribution >= 0.6 is 34.8 Å². The molecule has 1 unspecified atom stereocenters. The normalized spacial score (nSPS) is 21.5. The smallest absolute Gasteiger partial charge is 0.239 e. The summed E-state index contributed by atoms with van der Waals surface area (Å²) in [6.45, 7) is 0. The number of hydrogen-bond acceptors (Lipinski definition) is 4. The van der Waals surface area contributed by atoms with Gasteiger partial charge >= 0.3 is 0 Å². The van der Waals surface area contributed by atoms with Gasteiger partial charge in [-0.25, -0.2) is 0 Å². The maximum Gasteiger partial charge on any atom is 0.239 e. The Morgan fingerprint density at radius 1 is 1.19 bits per heavy atom. The van der Waals surface area contributed by atoms with Crippen LogP contribution in [0, 0.1) is 0 Å². The Morgan fingerprint density at radius 2 is 1.86 bits per heavy atom. The molecular formula is C14H14Cl3N3O. The number of hydrazone groups is 1. The van der Waals surface area contributed by atoms with Gasteiger partial charge in [-0.3, -0.25) is 5.43 Å². The molecule has 1 atom stereocenters. The zero-order valence-electron chi connectivity index (χ0n) is 11.1. The molecule has 2 aliphatic rings. The molecular weight excluding hydrogens is 333 g/mol. The molecule has 4 nitrogen and oxygen atoms in total. The maximum absolute atomic E-state index is 6.24. The SMILES string of the molecule is Nc1cc(Cl)c(OC2=NNC(Cl)C3=C2CCCC3)c(Cl)c1. The van der Waals surface area contributed by atoms with Crippen molar-refractivity contribution in [2.75, 3.05) is 5.73 Å². The van der Waals surface area contributed by atoms with Gasteiger partial charge in [0.25, 0.3) is 0 Å². The average molecular weight is 347 g/mol. The van der Waals surface area contributed by atoms with E-state index in [4.69, 9.17) is 45.3 Å². The Labute approximate surface area is 137 Å². The van der Waals surface area contributed by atoms with Crippen molar-refractivity contribution in [2.45, 2.75) is 31.2 Å². The Hall–Kier alpha value is -1.10. The second-order valence-corrected chi connectivity index (χ2v) is 6.29. The first-order chi connectivity index (χ1) is 10.1. The van der Waals surface area contributed by atoms with E-state index in [0.717, 1.165) is 36.8 Å². The van der Waals surface area contributed by atoms with Gasteiger partial charge in [-0.1, -0.05) is 34.8 Å². The van der Waals surface area contributed by atoms with Gasteiger partial charge in [-0.05, 0) is 43.4 Å². The molecule has 112 valence electrons. The third kappa shape index (κ3) is 2.93. The van der Waals surface area contributed by atoms with Crippen LogP contribution in [0.2, 0.25) is 10.0 Å². The molecule has 0 saturated heterocycles. The summed E-state index contributed by atoms with van der Waals surface area (Å²) in [5.41, 5.74) is 10.9. The number of nitrogens with two attached hydrogens (primary N) is 1. The Kier molecular flexibility index (Phi) is 4.20. The molecule has 21 heavy (non-hydrogen) atoms. The lowest BCUT2D eigenvalue weighted by Gasteiger charge is -2.28. The minimum atomic E-state index is -0.273. The van der Waals surface area contributed by atoms with Crippen molar-refractivity contribution >= 4 is 46.4 Å². The van der Waals surface area contributed by atoms with E-state index in [2.05, 4.69) is 10.5 Å². The van der Waals surface area contributed by atoms with E-state index in [1.807, 2.05) is 0 Å². The van der Waals surface area contributed by atoms with Crippen molar-refractivity contribution < 1.29 is 4.74 Å². The van der Waals surface area contributed by atoms with E-state index in [-0.39, 0.29) is 5.50 Å². The maximum atomic E-state index is 6.24. The Balaban J connectivity index is 1.94. The summed E-state index contributed by atoms with van der Waals surface area (Å²) < 4.78 is 5.84. The van der Waals surface area contributed by atoms with Crippen LogP contribution in [-0.4, -0.2) is 11.4 Å². The summed E-state index contributed by atoms with van der Waals surface area (Å²) in [5, 5.41) is 4.91. The van der Waals surface area contributed by atoms with Crippen LogP contribution in [0.5, 0.6) is 5.75 Å². The van der Waals surface area contributed by atoms with E-state index < -0.39 is 0 Å². The minimum Gasteiger partial charge on any atom is -0.434 e. The molecule has 1 aliphatic heterocycles. The average Bonchev–Trinajstić information content (AvgIpc) is 2.45. The first-order valence-corrected chi connectivity index (χ1v) is 7.87. The number of anilines is 1. The van der Waals surface area contributed by atoms with Crippen molar-refractivity contribution in [3.05, 3.63) is 33.3 Å². The molecule has 0 amide bonds. The second-order valence-electron chi connectivity index (χ2n) is 5.04. The van der Waals surface area contributed by atoms with Crippen LogP contribution in [0.4, 0.5) is 5.69 Å². The fraction of sp³-hybridized carbons (Fsp3) is 0.357. The highest BCUT2D eigenvalue weighted by Crippen LogP contribution is 2.38. The number of alkyl halides is 1. The number of nitrogens with one attached hydrogen (secondary N) is 1. The monoisotopic (exact) mass is 345 g/mol. The minimum absolute atomic E-state index is 0.273. The van der Waals surface area contributed by atoms with Crippen molar-refractivity contribution in [2.24, 2.45) is 5.10 Å². The van der Waals surface area contributed by atoms with Gasteiger partial charge in [0, 0.05) is 11.3 Å². The van der Waals surface area contributed by atoms with Crippen molar-refractivity contribution in [1.82, 2.24) is 5.43 Å². The summed E-state index contributed by atoms with van der Waals surface area (Å²) in [4.78, 5) is 0. The van der Waals surface area contributed by atoms with Gasteiger partial charge in [0.15, 0.2) is 5.75 Å².